The number of carbonyl (C=O) groups is 1. The number of nitrogens with zero attached hydrogens (tertiary/aromatic N) is 1. The Hall–Kier alpha value is -2.00. The Morgan fingerprint density at radius 1 is 1.50 bits per heavy atom. The molecule has 22 heavy (non-hydrogen) atoms. The zero-order chi connectivity index (χ0) is 15.9. The van der Waals surface area contributed by atoms with Crippen LogP contribution < -0.4 is 9.04 Å². The van der Waals surface area contributed by atoms with Gasteiger partial charge in [-0.15, -0.1) is 11.3 Å². The van der Waals surface area contributed by atoms with Gasteiger partial charge in [0.15, 0.2) is 5.76 Å². The first kappa shape index (κ1) is 14.9. The summed E-state index contributed by atoms with van der Waals surface area (Å²) < 4.78 is 35.7. The zero-order valence-corrected chi connectivity index (χ0v) is 13.2. The summed E-state index contributed by atoms with van der Waals surface area (Å²) >= 11 is 1.31. The van der Waals surface area contributed by atoms with Crippen molar-refractivity contribution in [1.29, 1.82) is 0 Å². The van der Waals surface area contributed by atoms with Crippen LogP contribution >= 0.6 is 11.3 Å². The molecule has 3 rings (SSSR count). The van der Waals surface area contributed by atoms with E-state index in [1.807, 2.05) is 0 Å². The van der Waals surface area contributed by atoms with Crippen LogP contribution in [0, 0.1) is 0 Å². The highest BCUT2D eigenvalue weighted by atomic mass is 32.2. The Morgan fingerprint density at radius 3 is 2.82 bits per heavy atom. The van der Waals surface area contributed by atoms with Crippen molar-refractivity contribution in [2.45, 2.75) is 13.3 Å². The van der Waals surface area contributed by atoms with Gasteiger partial charge in [-0.3, -0.25) is 4.79 Å². The molecule has 9 heteroatoms. The third kappa shape index (κ3) is 2.46. The van der Waals surface area contributed by atoms with Gasteiger partial charge >= 0.3 is 5.97 Å². The van der Waals surface area contributed by atoms with Crippen LogP contribution in [-0.4, -0.2) is 31.8 Å². The van der Waals surface area contributed by atoms with E-state index in [0.29, 0.717) is 11.3 Å². The van der Waals surface area contributed by atoms with E-state index in [-0.39, 0.29) is 35.4 Å². The van der Waals surface area contributed by atoms with E-state index in [9.17, 15) is 18.3 Å². The maximum atomic E-state index is 12.1. The second kappa shape index (κ2) is 5.33. The maximum Gasteiger partial charge on any atom is 0.308 e. The molecule has 1 saturated heterocycles. The highest BCUT2D eigenvalue weighted by molar-refractivity contribution is 7.93. The van der Waals surface area contributed by atoms with Crippen LogP contribution in [0.3, 0.4) is 0 Å². The molecule has 0 bridgehead atoms. The fraction of sp³-hybridized carbons (Fsp3) is 0.308. The van der Waals surface area contributed by atoms with Crippen molar-refractivity contribution in [3.05, 3.63) is 17.5 Å². The van der Waals surface area contributed by atoms with E-state index >= 15 is 0 Å². The normalized spacial score (nSPS) is 16.9. The Balaban J connectivity index is 2.16. The van der Waals surface area contributed by atoms with Gasteiger partial charge in [-0.25, -0.2) is 12.7 Å². The summed E-state index contributed by atoms with van der Waals surface area (Å²) in [4.78, 5) is 11.9. The van der Waals surface area contributed by atoms with Crippen LogP contribution in [0.25, 0.3) is 10.6 Å². The van der Waals surface area contributed by atoms with Gasteiger partial charge in [0.25, 0.3) is 5.88 Å². The molecule has 0 amide bonds. The smallest absolute Gasteiger partial charge is 0.308 e. The van der Waals surface area contributed by atoms with E-state index < -0.39 is 16.0 Å². The average Bonchev–Trinajstić information content (AvgIpc) is 3.11. The van der Waals surface area contributed by atoms with Crippen LogP contribution in [0.5, 0.6) is 11.5 Å². The molecule has 2 aromatic heterocycles. The van der Waals surface area contributed by atoms with Gasteiger partial charge in [0.1, 0.15) is 0 Å². The Morgan fingerprint density at radius 2 is 2.27 bits per heavy atom. The third-order valence-corrected chi connectivity index (χ3v) is 5.83. The number of anilines is 1. The van der Waals surface area contributed by atoms with E-state index in [4.69, 9.17) is 9.15 Å². The van der Waals surface area contributed by atoms with E-state index in [1.165, 1.54) is 18.3 Å². The number of esters is 1. The zero-order valence-electron chi connectivity index (χ0n) is 11.6. The van der Waals surface area contributed by atoms with Gasteiger partial charge < -0.3 is 14.3 Å². The quantitative estimate of drug-likeness (QED) is 0.858. The molecular weight excluding hydrogens is 330 g/mol. The first-order chi connectivity index (χ1) is 10.4. The molecule has 0 aliphatic carbocycles. The lowest BCUT2D eigenvalue weighted by Gasteiger charge is -2.14. The summed E-state index contributed by atoms with van der Waals surface area (Å²) in [6.45, 7) is 1.38. The van der Waals surface area contributed by atoms with Crippen molar-refractivity contribution in [1.82, 2.24) is 0 Å². The molecule has 2 aromatic rings. The summed E-state index contributed by atoms with van der Waals surface area (Å²) in [5.74, 6) is -1.40. The van der Waals surface area contributed by atoms with Crippen LogP contribution in [0.2, 0.25) is 0 Å². The molecule has 1 aliphatic rings. The van der Waals surface area contributed by atoms with Crippen LogP contribution in [-0.2, 0) is 14.8 Å². The highest BCUT2D eigenvalue weighted by Gasteiger charge is 2.37. The van der Waals surface area contributed by atoms with Crippen molar-refractivity contribution >= 4 is 33.2 Å². The summed E-state index contributed by atoms with van der Waals surface area (Å²) in [7, 11) is -3.53. The lowest BCUT2D eigenvalue weighted by molar-refractivity contribution is -0.132. The lowest BCUT2D eigenvalue weighted by Crippen LogP contribution is -2.25. The number of hydrogen-bond acceptors (Lipinski definition) is 7. The van der Waals surface area contributed by atoms with E-state index in [2.05, 4.69) is 0 Å². The molecule has 3 heterocycles. The van der Waals surface area contributed by atoms with Crippen LogP contribution in [0.1, 0.15) is 13.3 Å². The van der Waals surface area contributed by atoms with Gasteiger partial charge in [-0.05, 0) is 17.9 Å². The number of hydrogen-bond donors (Lipinski definition) is 1. The average molecular weight is 343 g/mol. The molecule has 7 nitrogen and oxygen atoms in total. The van der Waals surface area contributed by atoms with Gasteiger partial charge in [0.2, 0.25) is 21.5 Å². The van der Waals surface area contributed by atoms with Crippen molar-refractivity contribution in [3.8, 4) is 22.1 Å². The number of carbonyl (C=O) groups excluding carboxylic acids is 1. The van der Waals surface area contributed by atoms with E-state index in [0.717, 1.165) is 4.31 Å². The summed E-state index contributed by atoms with van der Waals surface area (Å²) in [6.07, 6.45) is 0.442. The molecule has 1 aliphatic heterocycles. The predicted octanol–water partition coefficient (Wildman–Crippen LogP) is 2.18. The number of thiophene rings is 1. The first-order valence-electron chi connectivity index (χ1n) is 6.48. The molecule has 118 valence electrons. The molecule has 1 N–H and O–H groups in total. The van der Waals surface area contributed by atoms with Gasteiger partial charge in [-0.2, -0.15) is 0 Å². The molecule has 0 aromatic carbocycles. The van der Waals surface area contributed by atoms with Crippen molar-refractivity contribution in [2.24, 2.45) is 0 Å². The monoisotopic (exact) mass is 343 g/mol. The van der Waals surface area contributed by atoms with Crippen molar-refractivity contribution < 1.29 is 27.5 Å². The standard InChI is InChI=1S/C13H13NO6S2/c1-8(15)19-12-10(16)11(9-4-2-6-21-9)20-13(12)14-5-3-7-22(14,17)18/h2,4,6,16H,3,5,7H2,1H3. The highest BCUT2D eigenvalue weighted by Crippen LogP contribution is 2.50. The Bertz CT molecular complexity index is 806. The van der Waals surface area contributed by atoms with Crippen LogP contribution in [0.15, 0.2) is 21.9 Å². The minimum atomic E-state index is -3.53. The second-order valence-electron chi connectivity index (χ2n) is 4.73. The SMILES string of the molecule is CC(=O)Oc1c(N2CCCS2(=O)=O)oc(-c2cccs2)c1O. The number of rotatable bonds is 3. The fourth-order valence-corrected chi connectivity index (χ4v) is 4.44. The molecular formula is C13H13NO6S2. The lowest BCUT2D eigenvalue weighted by atomic mass is 10.3. The van der Waals surface area contributed by atoms with Gasteiger partial charge in [0.05, 0.1) is 10.6 Å². The largest absolute Gasteiger partial charge is 0.501 e. The molecule has 0 saturated carbocycles. The minimum Gasteiger partial charge on any atom is -0.501 e. The molecule has 0 radical (unpaired) electrons. The third-order valence-electron chi connectivity index (χ3n) is 3.14. The summed E-state index contributed by atoms with van der Waals surface area (Å²) in [5, 5.41) is 12.1. The number of furan rings is 1. The van der Waals surface area contributed by atoms with Gasteiger partial charge in [0, 0.05) is 13.5 Å². The minimum absolute atomic E-state index is 0.0116. The van der Waals surface area contributed by atoms with Crippen molar-refractivity contribution in [2.75, 3.05) is 16.6 Å². The van der Waals surface area contributed by atoms with Crippen molar-refractivity contribution in [3.63, 3.8) is 0 Å². The number of aromatic hydroxyl groups is 1. The summed E-state index contributed by atoms with van der Waals surface area (Å²) in [6, 6.07) is 3.47. The van der Waals surface area contributed by atoms with E-state index in [1.54, 1.807) is 17.5 Å². The topological polar surface area (TPSA) is 97.0 Å². The van der Waals surface area contributed by atoms with Gasteiger partial charge in [-0.1, -0.05) is 6.07 Å². The first-order valence-corrected chi connectivity index (χ1v) is 8.97. The molecule has 1 fully saturated rings. The second-order valence-corrected chi connectivity index (χ2v) is 7.69. The number of sulfonamides is 1. The number of ether oxygens (including phenoxy) is 1. The Labute approximate surface area is 130 Å². The molecule has 0 unspecified atom stereocenters. The molecule has 0 spiro atoms. The maximum absolute atomic E-state index is 12.1. The molecule has 0 atom stereocenters. The Kier molecular flexibility index (Phi) is 3.61. The summed E-state index contributed by atoms with van der Waals surface area (Å²) in [5.41, 5.74) is 0. The fourth-order valence-electron chi connectivity index (χ4n) is 2.24. The predicted molar refractivity (Wildman–Crippen MR) is 80.7 cm³/mol. The van der Waals surface area contributed by atoms with Crippen LogP contribution in [0.4, 0.5) is 5.88 Å².